The molecule has 2 atom stereocenters. The highest BCUT2D eigenvalue weighted by atomic mass is 16.5. The van der Waals surface area contributed by atoms with Gasteiger partial charge in [-0.2, -0.15) is 0 Å². The van der Waals surface area contributed by atoms with Crippen molar-refractivity contribution in [2.75, 3.05) is 37.1 Å². The van der Waals surface area contributed by atoms with Gasteiger partial charge in [0.15, 0.2) is 0 Å². The summed E-state index contributed by atoms with van der Waals surface area (Å²) in [6.45, 7) is 10.6. The summed E-state index contributed by atoms with van der Waals surface area (Å²) < 4.78 is 10.3. The summed E-state index contributed by atoms with van der Waals surface area (Å²) in [7, 11) is 0. The molecule has 0 bridgehead atoms. The number of carbonyl (C=O) groups is 4. The summed E-state index contributed by atoms with van der Waals surface area (Å²) in [5.74, 6) is -1.23. The van der Waals surface area contributed by atoms with E-state index >= 15 is 0 Å². The van der Waals surface area contributed by atoms with Crippen LogP contribution in [-0.4, -0.2) is 81.4 Å². The van der Waals surface area contributed by atoms with Crippen molar-refractivity contribution in [3.05, 3.63) is 106 Å². The highest BCUT2D eigenvalue weighted by Crippen LogP contribution is 2.43. The van der Waals surface area contributed by atoms with E-state index in [0.29, 0.717) is 11.4 Å². The first-order valence-corrected chi connectivity index (χ1v) is 20.6. The van der Waals surface area contributed by atoms with E-state index in [1.165, 1.54) is 0 Å². The number of pyridine rings is 2. The molecule has 0 saturated heterocycles. The molecule has 2 aromatic heterocycles. The molecule has 1 unspecified atom stereocenters. The lowest BCUT2D eigenvalue weighted by molar-refractivity contribution is -0.153. The second kappa shape index (κ2) is 18.8. The molecule has 6 rings (SSSR count). The lowest BCUT2D eigenvalue weighted by Crippen LogP contribution is -2.53. The van der Waals surface area contributed by atoms with Crippen LogP contribution in [0.15, 0.2) is 60.9 Å². The number of benzene rings is 2. The highest BCUT2D eigenvalue weighted by Gasteiger charge is 2.36. The quantitative estimate of drug-likeness (QED) is 0.0620. The van der Waals surface area contributed by atoms with E-state index < -0.39 is 36.2 Å². The standard InChI is InChI=1S/C46H56N6O8/c1-7-59-43(57)45(5,25-53)49-23-31-21-47-39(19-35(31)29-15-16-29)41(55)51-37-13-9-11-33(27(37)3)34-12-10-14-38(28(34)4)52-42(56)40-20-36(30-17-18-30)32(22-48-40)24-50-46(6,26-54)44(58)60-8-2/h9-14,19-22,29-30,49-50,53-54H,7-8,15-18,23-26H2,1-6H3,(H,51,55)(H,52,56)/t45-,46?/m1/s1. The monoisotopic (exact) mass is 820 g/mol. The number of nitrogens with zero attached hydrogens (tertiary/aromatic N) is 2. The van der Waals surface area contributed by atoms with E-state index in [-0.39, 0.29) is 61.3 Å². The van der Waals surface area contributed by atoms with Crippen molar-refractivity contribution in [3.63, 3.8) is 0 Å². The van der Waals surface area contributed by atoms with Gasteiger partial charge in [0.2, 0.25) is 0 Å². The van der Waals surface area contributed by atoms with Crippen LogP contribution in [0.5, 0.6) is 0 Å². The molecule has 2 amide bonds. The van der Waals surface area contributed by atoms with E-state index in [1.807, 2.05) is 62.4 Å². The van der Waals surface area contributed by atoms with Gasteiger partial charge in [-0.25, -0.2) is 9.59 Å². The third-order valence-corrected chi connectivity index (χ3v) is 11.4. The van der Waals surface area contributed by atoms with Gasteiger partial charge in [0, 0.05) is 36.9 Å². The average molecular weight is 821 g/mol. The Morgan fingerprint density at radius 2 is 1.05 bits per heavy atom. The second-order valence-corrected chi connectivity index (χ2v) is 16.1. The van der Waals surface area contributed by atoms with Crippen LogP contribution in [0.4, 0.5) is 11.4 Å². The fraction of sp³-hybridized carbons (Fsp3) is 0.435. The predicted octanol–water partition coefficient (Wildman–Crippen LogP) is 5.83. The molecular weight excluding hydrogens is 765 g/mol. The van der Waals surface area contributed by atoms with Gasteiger partial charge in [-0.3, -0.25) is 30.2 Å². The Hall–Kier alpha value is -5.54. The van der Waals surface area contributed by atoms with Crippen molar-refractivity contribution in [1.82, 2.24) is 20.6 Å². The predicted molar refractivity (Wildman–Crippen MR) is 228 cm³/mol. The summed E-state index contributed by atoms with van der Waals surface area (Å²) >= 11 is 0. The number of esters is 2. The third-order valence-electron chi connectivity index (χ3n) is 11.4. The van der Waals surface area contributed by atoms with E-state index in [9.17, 15) is 29.4 Å². The molecule has 0 spiro atoms. The molecule has 4 aromatic rings. The number of anilines is 2. The molecule has 2 aromatic carbocycles. The number of aliphatic hydroxyl groups is 2. The van der Waals surface area contributed by atoms with Crippen molar-refractivity contribution in [2.24, 2.45) is 0 Å². The lowest BCUT2D eigenvalue weighted by Gasteiger charge is -2.26. The number of hydrogen-bond donors (Lipinski definition) is 6. The Morgan fingerprint density at radius 3 is 1.38 bits per heavy atom. The third kappa shape index (κ3) is 9.90. The van der Waals surface area contributed by atoms with Gasteiger partial charge >= 0.3 is 11.9 Å². The van der Waals surface area contributed by atoms with Gasteiger partial charge in [0.05, 0.1) is 26.4 Å². The molecule has 14 heteroatoms. The van der Waals surface area contributed by atoms with Crippen molar-refractivity contribution >= 4 is 35.1 Å². The van der Waals surface area contributed by atoms with E-state index in [1.54, 1.807) is 40.1 Å². The number of aromatic nitrogens is 2. The molecule has 0 radical (unpaired) electrons. The van der Waals surface area contributed by atoms with Crippen molar-refractivity contribution in [3.8, 4) is 11.1 Å². The van der Waals surface area contributed by atoms with Crippen LogP contribution in [0.2, 0.25) is 0 Å². The average Bonchev–Trinajstić information content (AvgIpc) is 4.19. The molecule has 6 N–H and O–H groups in total. The molecule has 14 nitrogen and oxygen atoms in total. The number of amides is 2. The maximum absolute atomic E-state index is 13.7. The smallest absolute Gasteiger partial charge is 0.328 e. The molecular formula is C46H56N6O8. The van der Waals surface area contributed by atoms with Crippen LogP contribution < -0.4 is 21.3 Å². The first-order chi connectivity index (χ1) is 28.7. The Bertz CT molecular complexity index is 2100. The molecule has 2 heterocycles. The number of carbonyl (C=O) groups excluding carboxylic acids is 4. The minimum Gasteiger partial charge on any atom is -0.465 e. The van der Waals surface area contributed by atoms with E-state index in [2.05, 4.69) is 31.2 Å². The number of rotatable bonds is 19. The molecule has 2 fully saturated rings. The SMILES string of the molecule is CCOC(=O)C(C)(CO)NCc1cnc(C(=O)Nc2cccc(-c3cccc(NC(=O)c4cc(C5CC5)c(CN[C@](C)(CO)C(=O)OCC)cn4)c3C)c2C)cc1C1CC1. The van der Waals surface area contributed by atoms with Gasteiger partial charge in [-0.05, 0) is 148 Å². The maximum atomic E-state index is 13.7. The van der Waals surface area contributed by atoms with Crippen LogP contribution in [0.1, 0.15) is 120 Å². The summed E-state index contributed by atoms with van der Waals surface area (Å²) in [5.41, 5.74) is 6.31. The summed E-state index contributed by atoms with van der Waals surface area (Å²) in [6.07, 6.45) is 7.25. The van der Waals surface area contributed by atoms with Crippen molar-refractivity contribution in [1.29, 1.82) is 0 Å². The van der Waals surface area contributed by atoms with Crippen LogP contribution in [0, 0.1) is 13.8 Å². The number of hydrogen-bond acceptors (Lipinski definition) is 12. The molecule has 2 aliphatic carbocycles. The first kappa shape index (κ1) is 44.0. The number of nitrogens with one attached hydrogen (secondary N) is 4. The van der Waals surface area contributed by atoms with Gasteiger partial charge in [0.25, 0.3) is 11.8 Å². The van der Waals surface area contributed by atoms with E-state index in [0.717, 1.165) is 70.2 Å². The zero-order valence-electron chi connectivity index (χ0n) is 35.2. The first-order valence-electron chi connectivity index (χ1n) is 20.6. The van der Waals surface area contributed by atoms with E-state index in [4.69, 9.17) is 9.47 Å². The van der Waals surface area contributed by atoms with Crippen molar-refractivity contribution in [2.45, 2.75) is 103 Å². The van der Waals surface area contributed by atoms with Crippen LogP contribution in [0.3, 0.4) is 0 Å². The Kier molecular flexibility index (Phi) is 13.8. The zero-order valence-corrected chi connectivity index (χ0v) is 35.2. The summed E-state index contributed by atoms with van der Waals surface area (Å²) in [6, 6.07) is 15.0. The van der Waals surface area contributed by atoms with Gasteiger partial charge in [-0.15, -0.1) is 0 Å². The zero-order chi connectivity index (χ0) is 43.2. The van der Waals surface area contributed by atoms with Gasteiger partial charge < -0.3 is 30.3 Å². The molecule has 2 aliphatic rings. The van der Waals surface area contributed by atoms with Crippen LogP contribution in [-0.2, 0) is 32.2 Å². The second-order valence-electron chi connectivity index (χ2n) is 16.1. The fourth-order valence-corrected chi connectivity index (χ4v) is 7.14. The normalized spacial score (nSPS) is 15.7. The lowest BCUT2D eigenvalue weighted by atomic mass is 9.94. The fourth-order valence-electron chi connectivity index (χ4n) is 7.14. The molecule has 60 heavy (non-hydrogen) atoms. The minimum atomic E-state index is -1.28. The van der Waals surface area contributed by atoms with Gasteiger partial charge in [-0.1, -0.05) is 24.3 Å². The Balaban J connectivity index is 1.16. The largest absolute Gasteiger partial charge is 0.465 e. The Labute approximate surface area is 350 Å². The number of aliphatic hydroxyl groups excluding tert-OH is 2. The summed E-state index contributed by atoms with van der Waals surface area (Å²) in [5, 5.41) is 32.3. The van der Waals surface area contributed by atoms with Gasteiger partial charge in [0.1, 0.15) is 22.5 Å². The topological polar surface area (TPSA) is 201 Å². The molecule has 0 aliphatic heterocycles. The maximum Gasteiger partial charge on any atom is 0.328 e. The van der Waals surface area contributed by atoms with Crippen molar-refractivity contribution < 1.29 is 38.9 Å². The molecule has 318 valence electrons. The minimum absolute atomic E-state index is 0.201. The Morgan fingerprint density at radius 1 is 0.667 bits per heavy atom. The highest BCUT2D eigenvalue weighted by molar-refractivity contribution is 6.05. The van der Waals surface area contributed by atoms with Crippen LogP contribution in [0.25, 0.3) is 11.1 Å². The molecule has 2 saturated carbocycles. The summed E-state index contributed by atoms with van der Waals surface area (Å²) in [4.78, 5) is 61.4. The number of ether oxygens (including phenoxy) is 2. The van der Waals surface area contributed by atoms with Crippen LogP contribution >= 0.6 is 0 Å².